The summed E-state index contributed by atoms with van der Waals surface area (Å²) < 4.78 is 5.64. The van der Waals surface area contributed by atoms with E-state index in [4.69, 9.17) is 10.5 Å². The van der Waals surface area contributed by atoms with Crippen LogP contribution in [-0.4, -0.2) is 25.0 Å². The van der Waals surface area contributed by atoms with E-state index in [1.807, 2.05) is 24.3 Å². The van der Waals surface area contributed by atoms with Crippen molar-refractivity contribution >= 4 is 39.0 Å². The second-order valence-corrected chi connectivity index (χ2v) is 5.12. The fraction of sp³-hybridized carbons (Fsp3) is 0.231. The molecule has 0 bridgehead atoms. The molecule has 1 heterocycles. The summed E-state index contributed by atoms with van der Waals surface area (Å²) in [6, 6.07) is 6.79. The highest BCUT2D eigenvalue weighted by Crippen LogP contribution is 2.36. The molecule has 0 unspecified atom stereocenters. The maximum Gasteiger partial charge on any atom is 0.350 e. The first kappa shape index (κ1) is 13.5. The number of carbonyl (C=O) groups is 2. The van der Waals surface area contributed by atoms with Crippen LogP contribution in [0.1, 0.15) is 16.6 Å². The van der Waals surface area contributed by atoms with Gasteiger partial charge in [0.25, 0.3) is 0 Å². The normalized spacial score (nSPS) is 12.2. The third-order valence-electron chi connectivity index (χ3n) is 2.63. The van der Waals surface area contributed by atoms with Gasteiger partial charge in [0.2, 0.25) is 5.91 Å². The van der Waals surface area contributed by atoms with Crippen molar-refractivity contribution in [1.29, 1.82) is 0 Å². The number of anilines is 1. The third kappa shape index (κ3) is 2.59. The molecule has 19 heavy (non-hydrogen) atoms. The number of hydrogen-bond acceptors (Lipinski definition) is 5. The van der Waals surface area contributed by atoms with Gasteiger partial charge in [-0.15, -0.1) is 11.3 Å². The van der Waals surface area contributed by atoms with E-state index in [0.29, 0.717) is 10.6 Å². The second kappa shape index (κ2) is 5.38. The van der Waals surface area contributed by atoms with Crippen molar-refractivity contribution in [2.24, 2.45) is 5.73 Å². The molecule has 0 aliphatic heterocycles. The van der Waals surface area contributed by atoms with E-state index >= 15 is 0 Å². The Morgan fingerprint density at radius 1 is 1.37 bits per heavy atom. The van der Waals surface area contributed by atoms with Crippen molar-refractivity contribution in [1.82, 2.24) is 0 Å². The summed E-state index contributed by atoms with van der Waals surface area (Å²) >= 11 is 1.28. The lowest BCUT2D eigenvalue weighted by Crippen LogP contribution is -2.32. The number of esters is 1. The smallest absolute Gasteiger partial charge is 0.350 e. The average molecular weight is 278 g/mol. The lowest BCUT2D eigenvalue weighted by atomic mass is 10.2. The van der Waals surface area contributed by atoms with Crippen LogP contribution in [0.5, 0.6) is 0 Å². The monoisotopic (exact) mass is 278 g/mol. The summed E-state index contributed by atoms with van der Waals surface area (Å²) in [5.41, 5.74) is 6.00. The minimum atomic E-state index is -0.649. The van der Waals surface area contributed by atoms with Crippen LogP contribution in [0, 0.1) is 0 Å². The van der Waals surface area contributed by atoms with Crippen LogP contribution >= 0.6 is 11.3 Å². The zero-order valence-corrected chi connectivity index (χ0v) is 11.4. The highest BCUT2D eigenvalue weighted by molar-refractivity contribution is 7.21. The SMILES string of the molecule is COC(=O)c1sc2ccccc2c1NC(=O)[C@@H](C)N. The summed E-state index contributed by atoms with van der Waals surface area (Å²) in [5.74, 6) is -0.810. The van der Waals surface area contributed by atoms with Crippen LogP contribution in [0.15, 0.2) is 24.3 Å². The number of rotatable bonds is 3. The number of methoxy groups -OCH3 is 1. The molecular weight excluding hydrogens is 264 g/mol. The second-order valence-electron chi connectivity index (χ2n) is 4.07. The van der Waals surface area contributed by atoms with Crippen molar-refractivity contribution in [3.05, 3.63) is 29.1 Å². The van der Waals surface area contributed by atoms with Gasteiger partial charge in [-0.05, 0) is 13.0 Å². The average Bonchev–Trinajstić information content (AvgIpc) is 2.77. The molecule has 3 N–H and O–H groups in total. The molecule has 0 saturated heterocycles. The Kier molecular flexibility index (Phi) is 3.82. The molecule has 6 heteroatoms. The van der Waals surface area contributed by atoms with Crippen molar-refractivity contribution in [2.75, 3.05) is 12.4 Å². The van der Waals surface area contributed by atoms with Crippen molar-refractivity contribution in [3.8, 4) is 0 Å². The lowest BCUT2D eigenvalue weighted by Gasteiger charge is -2.08. The molecule has 2 rings (SSSR count). The van der Waals surface area contributed by atoms with Crippen molar-refractivity contribution in [3.63, 3.8) is 0 Å². The van der Waals surface area contributed by atoms with Crippen LogP contribution in [0.3, 0.4) is 0 Å². The van der Waals surface area contributed by atoms with Gasteiger partial charge in [-0.3, -0.25) is 4.79 Å². The molecule has 0 radical (unpaired) electrons. The van der Waals surface area contributed by atoms with Gasteiger partial charge in [0.1, 0.15) is 4.88 Å². The third-order valence-corrected chi connectivity index (χ3v) is 3.78. The number of thiophene rings is 1. The van der Waals surface area contributed by atoms with Gasteiger partial charge in [0.15, 0.2) is 0 Å². The summed E-state index contributed by atoms with van der Waals surface area (Å²) in [4.78, 5) is 23.9. The maximum atomic E-state index is 11.8. The summed E-state index contributed by atoms with van der Waals surface area (Å²) in [7, 11) is 1.31. The molecule has 0 spiro atoms. The Balaban J connectivity index is 2.54. The molecule has 2 aromatic rings. The largest absolute Gasteiger partial charge is 0.465 e. The van der Waals surface area contributed by atoms with Gasteiger partial charge in [0.05, 0.1) is 18.8 Å². The first-order chi connectivity index (χ1) is 9.04. The topological polar surface area (TPSA) is 81.4 Å². The Morgan fingerprint density at radius 2 is 2.05 bits per heavy atom. The number of benzene rings is 1. The van der Waals surface area contributed by atoms with Gasteiger partial charge in [0, 0.05) is 10.1 Å². The van der Waals surface area contributed by atoms with Crippen LogP contribution < -0.4 is 11.1 Å². The van der Waals surface area contributed by atoms with E-state index in [2.05, 4.69) is 5.32 Å². The van der Waals surface area contributed by atoms with E-state index in [9.17, 15) is 9.59 Å². The highest BCUT2D eigenvalue weighted by atomic mass is 32.1. The Bertz CT molecular complexity index is 634. The van der Waals surface area contributed by atoms with Gasteiger partial charge in [-0.25, -0.2) is 4.79 Å². The van der Waals surface area contributed by atoms with E-state index in [1.165, 1.54) is 18.4 Å². The van der Waals surface area contributed by atoms with E-state index in [-0.39, 0.29) is 5.91 Å². The fourth-order valence-corrected chi connectivity index (χ4v) is 2.72. The van der Waals surface area contributed by atoms with Crippen LogP contribution in [0.2, 0.25) is 0 Å². The van der Waals surface area contributed by atoms with Crippen molar-refractivity contribution < 1.29 is 14.3 Å². The molecule has 0 aliphatic rings. The molecule has 0 fully saturated rings. The molecule has 100 valence electrons. The van der Waals surface area contributed by atoms with Crippen LogP contribution in [0.25, 0.3) is 10.1 Å². The zero-order valence-electron chi connectivity index (χ0n) is 10.6. The lowest BCUT2D eigenvalue weighted by molar-refractivity contribution is -0.117. The fourth-order valence-electron chi connectivity index (χ4n) is 1.64. The first-order valence-electron chi connectivity index (χ1n) is 5.71. The predicted octanol–water partition coefficient (Wildman–Crippen LogP) is 1.97. The van der Waals surface area contributed by atoms with Gasteiger partial charge >= 0.3 is 5.97 Å². The summed E-state index contributed by atoms with van der Waals surface area (Å²) in [5, 5.41) is 3.50. The van der Waals surface area contributed by atoms with Crippen LogP contribution in [0.4, 0.5) is 5.69 Å². The minimum Gasteiger partial charge on any atom is -0.465 e. The first-order valence-corrected chi connectivity index (χ1v) is 6.52. The highest BCUT2D eigenvalue weighted by Gasteiger charge is 2.21. The molecule has 0 saturated carbocycles. The van der Waals surface area contributed by atoms with Crippen molar-refractivity contribution in [2.45, 2.75) is 13.0 Å². The molecule has 5 nitrogen and oxygen atoms in total. The standard InChI is InChI=1S/C13H14N2O3S/c1-7(14)12(16)15-10-8-5-3-4-6-9(8)19-11(10)13(17)18-2/h3-7H,14H2,1-2H3,(H,15,16)/t7-/m1/s1. The number of nitrogens with two attached hydrogens (primary N) is 1. The predicted molar refractivity (Wildman–Crippen MR) is 75.4 cm³/mol. The Morgan fingerprint density at radius 3 is 2.68 bits per heavy atom. The molecule has 0 aliphatic carbocycles. The number of nitrogens with one attached hydrogen (secondary N) is 1. The van der Waals surface area contributed by atoms with Crippen LogP contribution in [-0.2, 0) is 9.53 Å². The van der Waals surface area contributed by atoms with Gasteiger partial charge in [-0.2, -0.15) is 0 Å². The van der Waals surface area contributed by atoms with E-state index < -0.39 is 12.0 Å². The number of carbonyl (C=O) groups excluding carboxylic acids is 2. The number of amides is 1. The number of fused-ring (bicyclic) bond motifs is 1. The van der Waals surface area contributed by atoms with E-state index in [0.717, 1.165) is 10.1 Å². The van der Waals surface area contributed by atoms with Gasteiger partial charge < -0.3 is 15.8 Å². The Labute approximate surface area is 114 Å². The summed E-state index contributed by atoms with van der Waals surface area (Å²) in [6.07, 6.45) is 0. The summed E-state index contributed by atoms with van der Waals surface area (Å²) in [6.45, 7) is 1.59. The molecule has 1 aromatic heterocycles. The molecular formula is C13H14N2O3S. The quantitative estimate of drug-likeness (QED) is 0.841. The van der Waals surface area contributed by atoms with Gasteiger partial charge in [-0.1, -0.05) is 18.2 Å². The molecule has 1 atom stereocenters. The number of ether oxygens (including phenoxy) is 1. The van der Waals surface area contributed by atoms with E-state index in [1.54, 1.807) is 6.92 Å². The Hall–Kier alpha value is -1.92. The number of hydrogen-bond donors (Lipinski definition) is 2. The molecule has 1 amide bonds. The molecule has 1 aromatic carbocycles. The minimum absolute atomic E-state index is 0.339. The zero-order chi connectivity index (χ0) is 14.0. The maximum absolute atomic E-state index is 11.8.